The van der Waals surface area contributed by atoms with Gasteiger partial charge in [0.15, 0.2) is 0 Å². The highest BCUT2D eigenvalue weighted by Gasteiger charge is 2.20. The van der Waals surface area contributed by atoms with Gasteiger partial charge in [-0.2, -0.15) is 0 Å². The van der Waals surface area contributed by atoms with Crippen molar-refractivity contribution < 1.29 is 4.21 Å². The topological polar surface area (TPSA) is 33.2 Å². The van der Waals surface area contributed by atoms with Crippen molar-refractivity contribution in [3.63, 3.8) is 0 Å². The third-order valence-electron chi connectivity index (χ3n) is 4.41. The summed E-state index contributed by atoms with van der Waals surface area (Å²) in [6.45, 7) is 1.83. The summed E-state index contributed by atoms with van der Waals surface area (Å²) in [4.78, 5) is 9.19. The molecule has 1 unspecified atom stereocenters. The molecule has 1 aromatic heterocycles. The van der Waals surface area contributed by atoms with Gasteiger partial charge in [-0.25, -0.2) is 4.98 Å². The van der Waals surface area contributed by atoms with Gasteiger partial charge in [-0.15, -0.1) is 11.3 Å². The molecular weight excluding hydrogens is 324 g/mol. The van der Waals surface area contributed by atoms with Crippen LogP contribution in [0.25, 0.3) is 0 Å². The monoisotopic (exact) mass is 348 g/mol. The molecule has 1 fully saturated rings. The van der Waals surface area contributed by atoms with E-state index in [1.807, 2.05) is 23.5 Å². The van der Waals surface area contributed by atoms with Gasteiger partial charge in [0.1, 0.15) is 0 Å². The fourth-order valence-electron chi connectivity index (χ4n) is 3.18. The highest BCUT2D eigenvalue weighted by molar-refractivity contribution is 7.84. The molecule has 0 N–H and O–H groups in total. The summed E-state index contributed by atoms with van der Waals surface area (Å²) in [6, 6.07) is 8.07. The zero-order valence-corrected chi connectivity index (χ0v) is 15.5. The molecule has 1 aromatic carbocycles. The normalized spacial score (nSPS) is 17.0. The van der Waals surface area contributed by atoms with E-state index in [1.54, 1.807) is 6.26 Å². The quantitative estimate of drug-likeness (QED) is 0.785. The number of rotatable bonds is 6. The minimum atomic E-state index is -0.900. The molecule has 5 heteroatoms. The summed E-state index contributed by atoms with van der Waals surface area (Å²) in [5.41, 5.74) is 1.25. The lowest BCUT2D eigenvalue weighted by atomic mass is 10.1. The van der Waals surface area contributed by atoms with Crippen LogP contribution in [0.1, 0.15) is 47.0 Å². The molecule has 2 aromatic rings. The predicted molar refractivity (Wildman–Crippen MR) is 97.3 cm³/mol. The van der Waals surface area contributed by atoms with Crippen molar-refractivity contribution in [2.45, 2.75) is 49.6 Å². The van der Waals surface area contributed by atoms with Crippen molar-refractivity contribution in [3.8, 4) is 0 Å². The van der Waals surface area contributed by atoms with Crippen LogP contribution in [0.15, 0.2) is 35.4 Å². The standard InChI is InChI=1S/C18H24N2OS2/c1-20(12-14-7-9-17(10-8-14)23(2)21)13-16-11-19-18(22-16)15-5-3-4-6-15/h7-11,15H,3-6,12-13H2,1-2H3. The van der Waals surface area contributed by atoms with Gasteiger partial charge in [-0.3, -0.25) is 9.11 Å². The average molecular weight is 349 g/mol. The van der Waals surface area contributed by atoms with Crippen LogP contribution in [0, 0.1) is 0 Å². The molecule has 1 aliphatic rings. The van der Waals surface area contributed by atoms with E-state index in [0.717, 1.165) is 18.0 Å². The molecule has 0 bridgehead atoms. The second-order valence-corrected chi connectivity index (χ2v) is 8.94. The minimum Gasteiger partial charge on any atom is -0.297 e. The maximum absolute atomic E-state index is 11.4. The third kappa shape index (κ3) is 4.49. The van der Waals surface area contributed by atoms with E-state index in [0.29, 0.717) is 5.92 Å². The third-order valence-corrected chi connectivity index (χ3v) is 6.49. The van der Waals surface area contributed by atoms with Gasteiger partial charge in [0, 0.05) is 52.0 Å². The molecule has 1 aliphatic carbocycles. The van der Waals surface area contributed by atoms with Crippen LogP contribution < -0.4 is 0 Å². The molecule has 1 heterocycles. The van der Waals surface area contributed by atoms with Crippen LogP contribution in [0.3, 0.4) is 0 Å². The first-order valence-corrected chi connectivity index (χ1v) is 10.5. The Morgan fingerprint density at radius 3 is 2.57 bits per heavy atom. The second kappa shape index (κ2) is 7.69. The largest absolute Gasteiger partial charge is 0.297 e. The summed E-state index contributed by atoms with van der Waals surface area (Å²) >= 11 is 1.88. The SMILES string of the molecule is CN(Cc1ccc(S(C)=O)cc1)Cc1cnc(C2CCCC2)s1. The molecular formula is C18H24N2OS2. The lowest BCUT2D eigenvalue weighted by molar-refractivity contribution is 0.321. The number of nitrogens with zero attached hydrogens (tertiary/aromatic N) is 2. The Kier molecular flexibility index (Phi) is 5.62. The van der Waals surface area contributed by atoms with E-state index >= 15 is 0 Å². The molecule has 1 atom stereocenters. The van der Waals surface area contributed by atoms with E-state index in [9.17, 15) is 4.21 Å². The second-order valence-electron chi connectivity index (χ2n) is 6.42. The van der Waals surface area contributed by atoms with Crippen molar-refractivity contribution in [2.75, 3.05) is 13.3 Å². The lowest BCUT2D eigenvalue weighted by Crippen LogP contribution is -2.16. The van der Waals surface area contributed by atoms with Crippen LogP contribution in [-0.4, -0.2) is 27.4 Å². The van der Waals surface area contributed by atoms with Crippen LogP contribution in [0.4, 0.5) is 0 Å². The Balaban J connectivity index is 1.56. The molecule has 1 saturated carbocycles. The summed E-state index contributed by atoms with van der Waals surface area (Å²) in [6.07, 6.45) is 9.11. The maximum atomic E-state index is 11.4. The molecule has 0 radical (unpaired) electrons. The fourth-order valence-corrected chi connectivity index (χ4v) is 4.86. The Labute approximate surface area is 145 Å². The highest BCUT2D eigenvalue weighted by Crippen LogP contribution is 2.36. The minimum absolute atomic E-state index is 0.710. The van der Waals surface area contributed by atoms with E-state index in [2.05, 4.69) is 35.3 Å². The summed E-state index contributed by atoms with van der Waals surface area (Å²) in [5, 5.41) is 1.33. The molecule has 0 amide bonds. The van der Waals surface area contributed by atoms with Crippen LogP contribution in [0.5, 0.6) is 0 Å². The number of hydrogen-bond acceptors (Lipinski definition) is 4. The van der Waals surface area contributed by atoms with Crippen molar-refractivity contribution in [1.29, 1.82) is 0 Å². The summed E-state index contributed by atoms with van der Waals surface area (Å²) in [5.74, 6) is 0.710. The number of thiazole rings is 1. The van der Waals surface area contributed by atoms with E-state index < -0.39 is 10.8 Å². The lowest BCUT2D eigenvalue weighted by Gasteiger charge is -2.15. The van der Waals surface area contributed by atoms with Gasteiger partial charge in [-0.05, 0) is 37.6 Å². The molecule has 0 aliphatic heterocycles. The van der Waals surface area contributed by atoms with Crippen molar-refractivity contribution in [3.05, 3.63) is 45.9 Å². The molecule has 3 rings (SSSR count). The van der Waals surface area contributed by atoms with Gasteiger partial charge >= 0.3 is 0 Å². The Hall–Kier alpha value is -1.04. The number of benzene rings is 1. The van der Waals surface area contributed by atoms with Gasteiger partial charge in [-0.1, -0.05) is 25.0 Å². The Morgan fingerprint density at radius 1 is 1.22 bits per heavy atom. The molecule has 23 heavy (non-hydrogen) atoms. The van der Waals surface area contributed by atoms with Gasteiger partial charge in [0.05, 0.1) is 5.01 Å². The van der Waals surface area contributed by atoms with Gasteiger partial charge in [0.25, 0.3) is 0 Å². The zero-order valence-electron chi connectivity index (χ0n) is 13.8. The molecule has 0 spiro atoms. The van der Waals surface area contributed by atoms with E-state index in [1.165, 1.54) is 41.1 Å². The maximum Gasteiger partial charge on any atom is 0.0959 e. The van der Waals surface area contributed by atoms with Crippen LogP contribution in [0.2, 0.25) is 0 Å². The van der Waals surface area contributed by atoms with E-state index in [-0.39, 0.29) is 0 Å². The summed E-state index contributed by atoms with van der Waals surface area (Å²) in [7, 11) is 1.24. The van der Waals surface area contributed by atoms with Crippen molar-refractivity contribution in [1.82, 2.24) is 9.88 Å². The summed E-state index contributed by atoms with van der Waals surface area (Å²) < 4.78 is 11.4. The van der Waals surface area contributed by atoms with Crippen LogP contribution >= 0.6 is 11.3 Å². The first kappa shape index (κ1) is 16.8. The first-order valence-electron chi connectivity index (χ1n) is 8.17. The molecule has 3 nitrogen and oxygen atoms in total. The smallest absolute Gasteiger partial charge is 0.0959 e. The highest BCUT2D eigenvalue weighted by atomic mass is 32.2. The van der Waals surface area contributed by atoms with Crippen molar-refractivity contribution >= 4 is 22.1 Å². The van der Waals surface area contributed by atoms with Gasteiger partial charge in [0.2, 0.25) is 0 Å². The molecule has 124 valence electrons. The zero-order chi connectivity index (χ0) is 16.2. The molecule has 0 saturated heterocycles. The number of hydrogen-bond donors (Lipinski definition) is 0. The Bertz CT molecular complexity index is 660. The Morgan fingerprint density at radius 2 is 1.91 bits per heavy atom. The fraction of sp³-hybridized carbons (Fsp3) is 0.500. The van der Waals surface area contributed by atoms with Crippen LogP contribution in [-0.2, 0) is 23.9 Å². The van der Waals surface area contributed by atoms with E-state index in [4.69, 9.17) is 0 Å². The van der Waals surface area contributed by atoms with Gasteiger partial charge < -0.3 is 0 Å². The predicted octanol–water partition coefficient (Wildman–Crippen LogP) is 4.17. The first-order chi connectivity index (χ1) is 11.1. The average Bonchev–Trinajstić information content (AvgIpc) is 3.18. The number of aromatic nitrogens is 1. The van der Waals surface area contributed by atoms with Crippen molar-refractivity contribution in [2.24, 2.45) is 0 Å².